The van der Waals surface area contributed by atoms with Gasteiger partial charge in [-0.15, -0.1) is 11.3 Å². The Balaban J connectivity index is 1.83. The zero-order valence-electron chi connectivity index (χ0n) is 13.3. The minimum absolute atomic E-state index is 0.0690. The van der Waals surface area contributed by atoms with E-state index in [1.165, 1.54) is 41.6 Å². The molecule has 1 aliphatic heterocycles. The molecule has 0 unspecified atom stereocenters. The number of aryl methyl sites for hydroxylation is 1. The fourth-order valence-electron chi connectivity index (χ4n) is 3.89. The Labute approximate surface area is 142 Å². The molecule has 0 amide bonds. The standard InChI is InChI=1S/C17H18N4O2S/c22-16-14-13(18-9-19-16)12-10-3-1-2-4-11(10)15(20-17(12)24-14)21-5-7-23-8-6-21/h9H,1-8H2,(H,18,19,22). The fraction of sp³-hybridized carbons (Fsp3) is 0.471. The van der Waals surface area contributed by atoms with Gasteiger partial charge in [0.25, 0.3) is 5.56 Å². The molecule has 1 N–H and O–H groups in total. The summed E-state index contributed by atoms with van der Waals surface area (Å²) >= 11 is 1.46. The highest BCUT2D eigenvalue weighted by molar-refractivity contribution is 7.25. The normalized spacial score (nSPS) is 18.2. The van der Waals surface area contributed by atoms with Crippen LogP contribution in [0.5, 0.6) is 0 Å². The number of anilines is 1. The van der Waals surface area contributed by atoms with Gasteiger partial charge in [0, 0.05) is 18.5 Å². The van der Waals surface area contributed by atoms with Gasteiger partial charge in [0.1, 0.15) is 15.3 Å². The number of H-pyrrole nitrogens is 1. The van der Waals surface area contributed by atoms with Gasteiger partial charge in [-0.3, -0.25) is 4.79 Å². The molecule has 1 aliphatic carbocycles. The summed E-state index contributed by atoms with van der Waals surface area (Å²) in [6, 6.07) is 0. The zero-order valence-corrected chi connectivity index (χ0v) is 14.1. The third-order valence-electron chi connectivity index (χ3n) is 5.02. The predicted molar refractivity (Wildman–Crippen MR) is 95.2 cm³/mol. The molecule has 3 aromatic heterocycles. The van der Waals surface area contributed by atoms with Crippen LogP contribution in [0.3, 0.4) is 0 Å². The van der Waals surface area contributed by atoms with Crippen molar-refractivity contribution in [1.82, 2.24) is 15.0 Å². The lowest BCUT2D eigenvalue weighted by Gasteiger charge is -2.31. The number of rotatable bonds is 1. The highest BCUT2D eigenvalue weighted by Gasteiger charge is 2.26. The van der Waals surface area contributed by atoms with Crippen molar-refractivity contribution < 1.29 is 4.74 Å². The van der Waals surface area contributed by atoms with Crippen LogP contribution in [0.4, 0.5) is 5.82 Å². The lowest BCUT2D eigenvalue weighted by atomic mass is 9.90. The van der Waals surface area contributed by atoms with Gasteiger partial charge in [0.15, 0.2) is 0 Å². The number of nitrogens with one attached hydrogen (secondary N) is 1. The molecule has 0 radical (unpaired) electrons. The summed E-state index contributed by atoms with van der Waals surface area (Å²) in [5, 5.41) is 1.10. The van der Waals surface area contributed by atoms with Crippen LogP contribution in [0.2, 0.25) is 0 Å². The molecule has 7 heteroatoms. The second-order valence-corrected chi connectivity index (χ2v) is 7.39. The van der Waals surface area contributed by atoms with Gasteiger partial charge in [-0.05, 0) is 36.8 Å². The number of ether oxygens (including phenoxy) is 1. The Morgan fingerprint density at radius 1 is 1.17 bits per heavy atom. The number of nitrogens with zero attached hydrogens (tertiary/aromatic N) is 3. The zero-order chi connectivity index (χ0) is 16.1. The van der Waals surface area contributed by atoms with Crippen molar-refractivity contribution in [3.8, 4) is 0 Å². The van der Waals surface area contributed by atoms with Crippen LogP contribution in [-0.2, 0) is 17.6 Å². The molecule has 0 spiro atoms. The van der Waals surface area contributed by atoms with Crippen LogP contribution in [0.1, 0.15) is 24.0 Å². The quantitative estimate of drug-likeness (QED) is 0.734. The Bertz CT molecular complexity index is 988. The molecule has 2 aliphatic rings. The summed E-state index contributed by atoms with van der Waals surface area (Å²) in [7, 11) is 0. The summed E-state index contributed by atoms with van der Waals surface area (Å²) in [5.41, 5.74) is 3.47. The Hall–Kier alpha value is -1.99. The van der Waals surface area contributed by atoms with Crippen LogP contribution in [0.15, 0.2) is 11.1 Å². The van der Waals surface area contributed by atoms with Gasteiger partial charge >= 0.3 is 0 Å². The lowest BCUT2D eigenvalue weighted by molar-refractivity contribution is 0.122. The van der Waals surface area contributed by atoms with Crippen LogP contribution in [0.25, 0.3) is 20.4 Å². The first kappa shape index (κ1) is 14.4. The van der Waals surface area contributed by atoms with Gasteiger partial charge in [-0.2, -0.15) is 0 Å². The molecule has 1 fully saturated rings. The van der Waals surface area contributed by atoms with Gasteiger partial charge in [0.05, 0.1) is 25.1 Å². The van der Waals surface area contributed by atoms with E-state index in [0.717, 1.165) is 60.7 Å². The maximum Gasteiger partial charge on any atom is 0.268 e. The monoisotopic (exact) mass is 342 g/mol. The fourth-order valence-corrected chi connectivity index (χ4v) is 4.94. The molecule has 24 heavy (non-hydrogen) atoms. The molecular weight excluding hydrogens is 324 g/mol. The summed E-state index contributed by atoms with van der Waals surface area (Å²) < 4.78 is 6.18. The van der Waals surface area contributed by atoms with E-state index in [-0.39, 0.29) is 5.56 Å². The van der Waals surface area contributed by atoms with Gasteiger partial charge < -0.3 is 14.6 Å². The smallest absolute Gasteiger partial charge is 0.268 e. The van der Waals surface area contributed by atoms with E-state index in [1.54, 1.807) is 0 Å². The number of hydrogen-bond donors (Lipinski definition) is 1. The molecule has 124 valence electrons. The minimum atomic E-state index is -0.0690. The van der Waals surface area contributed by atoms with E-state index in [2.05, 4.69) is 14.9 Å². The largest absolute Gasteiger partial charge is 0.378 e. The first-order valence-electron chi connectivity index (χ1n) is 8.47. The Morgan fingerprint density at radius 3 is 2.79 bits per heavy atom. The van der Waals surface area contributed by atoms with Crippen molar-refractivity contribution in [2.75, 3.05) is 31.2 Å². The van der Waals surface area contributed by atoms with Crippen molar-refractivity contribution in [1.29, 1.82) is 0 Å². The Kier molecular flexibility index (Phi) is 3.31. The van der Waals surface area contributed by atoms with E-state index >= 15 is 0 Å². The van der Waals surface area contributed by atoms with E-state index in [9.17, 15) is 4.79 Å². The third kappa shape index (κ3) is 2.08. The highest BCUT2D eigenvalue weighted by Crippen LogP contribution is 2.40. The number of thiophene rings is 1. The first-order chi connectivity index (χ1) is 11.8. The van der Waals surface area contributed by atoms with Crippen molar-refractivity contribution in [3.63, 3.8) is 0 Å². The van der Waals surface area contributed by atoms with Crippen LogP contribution >= 0.6 is 11.3 Å². The molecule has 4 heterocycles. The summed E-state index contributed by atoms with van der Waals surface area (Å²) in [6.07, 6.45) is 6.00. The van der Waals surface area contributed by atoms with Crippen LogP contribution in [-0.4, -0.2) is 41.3 Å². The number of pyridine rings is 1. The molecule has 0 aromatic carbocycles. The third-order valence-corrected chi connectivity index (χ3v) is 6.09. The number of fused-ring (bicyclic) bond motifs is 5. The second kappa shape index (κ2) is 5.53. The number of aromatic amines is 1. The summed E-state index contributed by atoms with van der Waals surface area (Å²) in [5.74, 6) is 1.10. The number of morpholine rings is 1. The molecule has 0 atom stereocenters. The van der Waals surface area contributed by atoms with Crippen molar-refractivity contribution in [2.45, 2.75) is 25.7 Å². The molecule has 6 nitrogen and oxygen atoms in total. The number of aromatic nitrogens is 3. The molecule has 1 saturated heterocycles. The average molecular weight is 342 g/mol. The lowest BCUT2D eigenvalue weighted by Crippen LogP contribution is -2.37. The molecule has 0 saturated carbocycles. The average Bonchev–Trinajstić information content (AvgIpc) is 3.02. The maximum absolute atomic E-state index is 12.2. The van der Waals surface area contributed by atoms with Gasteiger partial charge in [-0.25, -0.2) is 9.97 Å². The highest BCUT2D eigenvalue weighted by atomic mass is 32.1. The van der Waals surface area contributed by atoms with E-state index < -0.39 is 0 Å². The first-order valence-corrected chi connectivity index (χ1v) is 9.29. The van der Waals surface area contributed by atoms with Crippen LogP contribution < -0.4 is 10.5 Å². The molecular formula is C17H18N4O2S. The van der Waals surface area contributed by atoms with Gasteiger partial charge in [-0.1, -0.05) is 0 Å². The SMILES string of the molecule is O=c1[nH]cnc2c1sc1nc(N3CCOCC3)c3c(c12)CCCC3. The molecule has 3 aromatic rings. The molecule has 5 rings (SSSR count). The van der Waals surface area contributed by atoms with Gasteiger partial charge in [0.2, 0.25) is 0 Å². The summed E-state index contributed by atoms with van der Waals surface area (Å²) in [4.78, 5) is 27.6. The molecule has 0 bridgehead atoms. The van der Waals surface area contributed by atoms with E-state index in [4.69, 9.17) is 9.72 Å². The van der Waals surface area contributed by atoms with E-state index in [0.29, 0.717) is 4.70 Å². The topological polar surface area (TPSA) is 71.1 Å². The van der Waals surface area contributed by atoms with Crippen molar-refractivity contribution >= 4 is 37.6 Å². The minimum Gasteiger partial charge on any atom is -0.378 e. The maximum atomic E-state index is 12.2. The van der Waals surface area contributed by atoms with E-state index in [1.807, 2.05) is 0 Å². The predicted octanol–water partition coefficient (Wildman–Crippen LogP) is 2.25. The van der Waals surface area contributed by atoms with Crippen molar-refractivity contribution in [3.05, 3.63) is 27.8 Å². The van der Waals surface area contributed by atoms with Crippen LogP contribution in [0, 0.1) is 0 Å². The number of hydrogen-bond acceptors (Lipinski definition) is 6. The summed E-state index contributed by atoms with van der Waals surface area (Å²) in [6.45, 7) is 3.27. The van der Waals surface area contributed by atoms with Crippen molar-refractivity contribution in [2.24, 2.45) is 0 Å². The Morgan fingerprint density at radius 2 is 1.96 bits per heavy atom. The second-order valence-electron chi connectivity index (χ2n) is 6.39.